The minimum absolute atomic E-state index is 0.539. The summed E-state index contributed by atoms with van der Waals surface area (Å²) in [6.07, 6.45) is 2.40. The molecule has 3 aromatic rings. The monoisotopic (exact) mass is 298 g/mol. The Hall–Kier alpha value is -2.25. The predicted molar refractivity (Wildman–Crippen MR) is 99.9 cm³/mol. The molecular weight excluding hydrogens is 280 g/mol. The molecule has 0 saturated carbocycles. The van der Waals surface area contributed by atoms with Crippen LogP contribution in [-0.2, 0) is 0 Å². The average Bonchev–Trinajstić information content (AvgIpc) is 2.96. The molecule has 0 aromatic heterocycles. The van der Waals surface area contributed by atoms with Crippen LogP contribution in [0.2, 0.25) is 13.1 Å². The SMILES string of the molecule is C[Si](C)=C1C(c2ccccc2)=Cc2c1ccc1ccccc21. The maximum Gasteiger partial charge on any atom is 0.0144 e. The van der Waals surface area contributed by atoms with Crippen molar-refractivity contribution in [3.8, 4) is 0 Å². The third-order valence-electron chi connectivity index (χ3n) is 4.38. The van der Waals surface area contributed by atoms with Crippen molar-refractivity contribution in [3.05, 3.63) is 83.4 Å². The van der Waals surface area contributed by atoms with E-state index >= 15 is 0 Å². The number of hydrogen-bond acceptors (Lipinski definition) is 0. The van der Waals surface area contributed by atoms with E-state index in [0.717, 1.165) is 0 Å². The number of benzene rings is 3. The molecule has 0 nitrogen and oxygen atoms in total. The van der Waals surface area contributed by atoms with Crippen LogP contribution < -0.4 is 0 Å². The van der Waals surface area contributed by atoms with E-state index in [9.17, 15) is 0 Å². The Morgan fingerprint density at radius 2 is 1.45 bits per heavy atom. The summed E-state index contributed by atoms with van der Waals surface area (Å²) in [6.45, 7) is 4.78. The topological polar surface area (TPSA) is 0 Å². The molecule has 1 aliphatic rings. The minimum atomic E-state index is -0.539. The molecule has 0 heterocycles. The van der Waals surface area contributed by atoms with E-state index in [1.54, 1.807) is 5.17 Å². The first-order chi connectivity index (χ1) is 10.8. The van der Waals surface area contributed by atoms with Crippen molar-refractivity contribution < 1.29 is 0 Å². The van der Waals surface area contributed by atoms with E-state index in [1.165, 1.54) is 33.0 Å². The van der Waals surface area contributed by atoms with Crippen molar-refractivity contribution in [2.45, 2.75) is 13.1 Å². The molecule has 1 aliphatic carbocycles. The Morgan fingerprint density at radius 3 is 2.23 bits per heavy atom. The number of hydrogen-bond donors (Lipinski definition) is 0. The van der Waals surface area contributed by atoms with Gasteiger partial charge in [0, 0.05) is 8.41 Å². The minimum Gasteiger partial charge on any atom is -0.0622 e. The van der Waals surface area contributed by atoms with Gasteiger partial charge in [0.1, 0.15) is 0 Å². The molecule has 0 saturated heterocycles. The molecule has 0 aliphatic heterocycles. The van der Waals surface area contributed by atoms with E-state index in [2.05, 4.69) is 85.9 Å². The largest absolute Gasteiger partial charge is 0.0622 e. The summed E-state index contributed by atoms with van der Waals surface area (Å²) < 4.78 is 0. The molecular formula is C21H18Si. The number of rotatable bonds is 1. The van der Waals surface area contributed by atoms with Gasteiger partial charge in [-0.05, 0) is 44.3 Å². The first kappa shape index (κ1) is 13.4. The highest BCUT2D eigenvalue weighted by Crippen LogP contribution is 2.36. The second-order valence-electron chi connectivity index (χ2n) is 6.05. The summed E-state index contributed by atoms with van der Waals surface area (Å²) in [5.41, 5.74) is 5.60. The summed E-state index contributed by atoms with van der Waals surface area (Å²) >= 11 is 0. The van der Waals surface area contributed by atoms with Crippen LogP contribution >= 0.6 is 0 Å². The van der Waals surface area contributed by atoms with Crippen LogP contribution in [-0.4, -0.2) is 13.6 Å². The van der Waals surface area contributed by atoms with Gasteiger partial charge in [0.15, 0.2) is 0 Å². The zero-order valence-corrected chi connectivity index (χ0v) is 13.9. The molecule has 0 fully saturated rings. The Bertz CT molecular complexity index is 927. The van der Waals surface area contributed by atoms with E-state index in [1.807, 2.05) is 0 Å². The maximum absolute atomic E-state index is 2.40. The van der Waals surface area contributed by atoms with Gasteiger partial charge in [-0.25, -0.2) is 0 Å². The smallest absolute Gasteiger partial charge is 0.0144 e. The molecule has 0 N–H and O–H groups in total. The fraction of sp³-hybridized carbons (Fsp3) is 0.0952. The van der Waals surface area contributed by atoms with Crippen LogP contribution in [0.5, 0.6) is 0 Å². The average molecular weight is 298 g/mol. The Kier molecular flexibility index (Phi) is 3.16. The lowest BCUT2D eigenvalue weighted by Gasteiger charge is -2.11. The van der Waals surface area contributed by atoms with Crippen molar-refractivity contribution >= 4 is 36.0 Å². The fourth-order valence-electron chi connectivity index (χ4n) is 3.41. The lowest BCUT2D eigenvalue weighted by atomic mass is 10.0. The molecule has 106 valence electrons. The van der Waals surface area contributed by atoms with Gasteiger partial charge in [0.05, 0.1) is 0 Å². The van der Waals surface area contributed by atoms with Gasteiger partial charge in [-0.1, -0.05) is 79.8 Å². The first-order valence-electron chi connectivity index (χ1n) is 7.73. The van der Waals surface area contributed by atoms with Crippen molar-refractivity contribution in [2.75, 3.05) is 0 Å². The highest BCUT2D eigenvalue weighted by atomic mass is 28.2. The second-order valence-corrected chi connectivity index (χ2v) is 8.55. The standard InChI is InChI=1S/C21H18Si/c1-22(2)21-18-13-12-16-10-6-7-11-17(16)20(18)14-19(21)15-8-4-3-5-9-15/h3-14H,1-2H3. The highest BCUT2D eigenvalue weighted by Gasteiger charge is 2.22. The highest BCUT2D eigenvalue weighted by molar-refractivity contribution is 6.81. The molecule has 0 unspecified atom stereocenters. The molecule has 0 bridgehead atoms. The van der Waals surface area contributed by atoms with Gasteiger partial charge in [-0.15, -0.1) is 0 Å². The quantitative estimate of drug-likeness (QED) is 0.538. The van der Waals surface area contributed by atoms with Crippen molar-refractivity contribution in [1.29, 1.82) is 0 Å². The molecule has 22 heavy (non-hydrogen) atoms. The third kappa shape index (κ3) is 2.01. The lowest BCUT2D eigenvalue weighted by molar-refractivity contribution is 1.65. The van der Waals surface area contributed by atoms with Crippen LogP contribution in [0.25, 0.3) is 22.4 Å². The third-order valence-corrected chi connectivity index (χ3v) is 5.92. The van der Waals surface area contributed by atoms with Crippen LogP contribution in [0, 0.1) is 0 Å². The molecule has 0 spiro atoms. The summed E-state index contributed by atoms with van der Waals surface area (Å²) in [7, 11) is -0.539. The van der Waals surface area contributed by atoms with E-state index < -0.39 is 8.41 Å². The molecule has 4 rings (SSSR count). The molecule has 0 atom stereocenters. The fourth-order valence-corrected chi connectivity index (χ4v) is 4.93. The summed E-state index contributed by atoms with van der Waals surface area (Å²) in [6, 6.07) is 24.1. The predicted octanol–water partition coefficient (Wildman–Crippen LogP) is 5.25. The molecule has 0 radical (unpaired) electrons. The molecule has 0 amide bonds. The summed E-state index contributed by atoms with van der Waals surface area (Å²) in [4.78, 5) is 0. The Balaban J connectivity index is 2.05. The second kappa shape index (κ2) is 5.18. The van der Waals surface area contributed by atoms with Gasteiger partial charge in [0.2, 0.25) is 0 Å². The van der Waals surface area contributed by atoms with Crippen molar-refractivity contribution in [3.63, 3.8) is 0 Å². The maximum atomic E-state index is 2.40. The van der Waals surface area contributed by atoms with E-state index in [4.69, 9.17) is 0 Å². The van der Waals surface area contributed by atoms with Gasteiger partial charge in [0.25, 0.3) is 0 Å². The van der Waals surface area contributed by atoms with Crippen LogP contribution in [0.1, 0.15) is 16.7 Å². The normalized spacial score (nSPS) is 13.2. The van der Waals surface area contributed by atoms with Gasteiger partial charge in [-0.2, -0.15) is 0 Å². The molecule has 1 heteroatoms. The van der Waals surface area contributed by atoms with Crippen LogP contribution in [0.15, 0.2) is 66.7 Å². The van der Waals surface area contributed by atoms with Crippen LogP contribution in [0.3, 0.4) is 0 Å². The van der Waals surface area contributed by atoms with Gasteiger partial charge < -0.3 is 0 Å². The van der Waals surface area contributed by atoms with E-state index in [-0.39, 0.29) is 0 Å². The summed E-state index contributed by atoms with van der Waals surface area (Å²) in [5.74, 6) is 0. The zero-order chi connectivity index (χ0) is 15.1. The van der Waals surface area contributed by atoms with E-state index in [0.29, 0.717) is 0 Å². The molecule has 3 aromatic carbocycles. The number of fused-ring (bicyclic) bond motifs is 3. The van der Waals surface area contributed by atoms with Crippen LogP contribution in [0.4, 0.5) is 0 Å². The van der Waals surface area contributed by atoms with Crippen molar-refractivity contribution in [2.24, 2.45) is 0 Å². The lowest BCUT2D eigenvalue weighted by Crippen LogP contribution is -2.11. The van der Waals surface area contributed by atoms with Crippen molar-refractivity contribution in [1.82, 2.24) is 0 Å². The first-order valence-corrected chi connectivity index (χ1v) is 10.2. The number of allylic oxidation sites excluding steroid dienone is 1. The van der Waals surface area contributed by atoms with Gasteiger partial charge >= 0.3 is 0 Å². The Morgan fingerprint density at radius 1 is 0.727 bits per heavy atom. The Labute approximate surface area is 133 Å². The zero-order valence-electron chi connectivity index (χ0n) is 12.9. The van der Waals surface area contributed by atoms with Gasteiger partial charge in [-0.3, -0.25) is 0 Å². The summed E-state index contributed by atoms with van der Waals surface area (Å²) in [5, 5.41) is 4.26.